The lowest BCUT2D eigenvalue weighted by atomic mass is 10.1. The van der Waals surface area contributed by atoms with Gasteiger partial charge in [-0.3, -0.25) is 4.79 Å². The Kier molecular flexibility index (Phi) is 5.01. The van der Waals surface area contributed by atoms with Gasteiger partial charge in [-0.05, 0) is 43.7 Å². The average molecular weight is 313 g/mol. The topological polar surface area (TPSA) is 75.6 Å². The molecule has 0 aliphatic carbocycles. The molecule has 0 radical (unpaired) electrons. The van der Waals surface area contributed by atoms with Crippen molar-refractivity contribution in [1.82, 2.24) is 5.32 Å². The second-order valence-corrected chi connectivity index (χ2v) is 5.68. The molecule has 0 fully saturated rings. The van der Waals surface area contributed by atoms with Gasteiger partial charge in [-0.25, -0.2) is 4.79 Å². The Labute approximate surface area is 134 Å². The van der Waals surface area contributed by atoms with Crippen LogP contribution < -0.4 is 10.1 Å². The smallest absolute Gasteiger partial charge is 0.328 e. The zero-order chi connectivity index (χ0) is 16.9. The van der Waals surface area contributed by atoms with Gasteiger partial charge in [-0.1, -0.05) is 30.3 Å². The van der Waals surface area contributed by atoms with E-state index in [-0.39, 0.29) is 0 Å². The molecule has 0 heterocycles. The number of ether oxygens (including phenoxy) is 1. The van der Waals surface area contributed by atoms with Crippen molar-refractivity contribution in [1.29, 1.82) is 0 Å². The number of hydrogen-bond acceptors (Lipinski definition) is 3. The first-order chi connectivity index (χ1) is 10.9. The van der Waals surface area contributed by atoms with E-state index in [9.17, 15) is 9.59 Å². The molecule has 0 saturated carbocycles. The zero-order valence-electron chi connectivity index (χ0n) is 13.1. The third kappa shape index (κ3) is 4.57. The number of carbonyl (C=O) groups is 2. The lowest BCUT2D eigenvalue weighted by Gasteiger charge is -2.21. The summed E-state index contributed by atoms with van der Waals surface area (Å²) in [4.78, 5) is 23.1. The number of benzene rings is 2. The van der Waals surface area contributed by atoms with Gasteiger partial charge < -0.3 is 15.2 Å². The highest BCUT2D eigenvalue weighted by atomic mass is 16.5. The maximum atomic E-state index is 12.0. The molecule has 0 unspecified atom stereocenters. The van der Waals surface area contributed by atoms with Gasteiger partial charge in [0.15, 0.2) is 0 Å². The van der Waals surface area contributed by atoms with E-state index >= 15 is 0 Å². The third-order valence-electron chi connectivity index (χ3n) is 3.33. The van der Waals surface area contributed by atoms with Gasteiger partial charge in [0.05, 0.1) is 0 Å². The summed E-state index contributed by atoms with van der Waals surface area (Å²) in [7, 11) is 0. The third-order valence-corrected chi connectivity index (χ3v) is 3.33. The molecule has 23 heavy (non-hydrogen) atoms. The van der Waals surface area contributed by atoms with E-state index in [4.69, 9.17) is 9.84 Å². The Bertz CT molecular complexity index is 678. The highest BCUT2D eigenvalue weighted by Crippen LogP contribution is 2.15. The Hall–Kier alpha value is -2.82. The minimum Gasteiger partial charge on any atom is -0.489 e. The molecule has 0 aliphatic heterocycles. The molecule has 2 aromatic rings. The Morgan fingerprint density at radius 3 is 2.22 bits per heavy atom. The number of amides is 1. The van der Waals surface area contributed by atoms with Crippen LogP contribution in [0.1, 0.15) is 29.8 Å². The van der Waals surface area contributed by atoms with Crippen molar-refractivity contribution >= 4 is 11.9 Å². The number of hydrogen-bond donors (Lipinski definition) is 2. The lowest BCUT2D eigenvalue weighted by molar-refractivity contribution is -0.143. The van der Waals surface area contributed by atoms with Gasteiger partial charge in [0.1, 0.15) is 17.9 Å². The second kappa shape index (κ2) is 6.96. The van der Waals surface area contributed by atoms with Crippen molar-refractivity contribution in [3.8, 4) is 5.75 Å². The van der Waals surface area contributed by atoms with E-state index in [0.29, 0.717) is 17.9 Å². The molecule has 0 aromatic heterocycles. The molecular formula is C18H19NO4. The highest BCUT2D eigenvalue weighted by molar-refractivity contribution is 5.97. The summed E-state index contributed by atoms with van der Waals surface area (Å²) in [5.74, 6) is -0.886. The summed E-state index contributed by atoms with van der Waals surface area (Å²) in [6.45, 7) is 3.31. The highest BCUT2D eigenvalue weighted by Gasteiger charge is 2.29. The molecular weight excluding hydrogens is 294 g/mol. The normalized spacial score (nSPS) is 10.9. The summed E-state index contributed by atoms with van der Waals surface area (Å²) in [6.07, 6.45) is 0. The largest absolute Gasteiger partial charge is 0.489 e. The fourth-order valence-electron chi connectivity index (χ4n) is 1.85. The van der Waals surface area contributed by atoms with Crippen LogP contribution in [0.4, 0.5) is 0 Å². The molecule has 120 valence electrons. The van der Waals surface area contributed by atoms with Crippen molar-refractivity contribution in [3.05, 3.63) is 65.7 Å². The second-order valence-electron chi connectivity index (χ2n) is 5.68. The summed E-state index contributed by atoms with van der Waals surface area (Å²) < 4.78 is 5.64. The van der Waals surface area contributed by atoms with Crippen LogP contribution in [0.3, 0.4) is 0 Å². The van der Waals surface area contributed by atoms with E-state index in [2.05, 4.69) is 5.32 Å². The fourth-order valence-corrected chi connectivity index (χ4v) is 1.85. The van der Waals surface area contributed by atoms with Gasteiger partial charge in [0.25, 0.3) is 5.91 Å². The summed E-state index contributed by atoms with van der Waals surface area (Å²) in [5, 5.41) is 11.5. The lowest BCUT2D eigenvalue weighted by Crippen LogP contribution is -2.49. The monoisotopic (exact) mass is 313 g/mol. The van der Waals surface area contributed by atoms with E-state index in [1.165, 1.54) is 13.8 Å². The van der Waals surface area contributed by atoms with Crippen molar-refractivity contribution < 1.29 is 19.4 Å². The van der Waals surface area contributed by atoms with Gasteiger partial charge >= 0.3 is 5.97 Å². The van der Waals surface area contributed by atoms with E-state index in [1.54, 1.807) is 24.3 Å². The quantitative estimate of drug-likeness (QED) is 0.860. The molecule has 0 spiro atoms. The van der Waals surface area contributed by atoms with Crippen LogP contribution in [-0.2, 0) is 11.4 Å². The first-order valence-corrected chi connectivity index (χ1v) is 7.21. The Balaban J connectivity index is 1.96. The molecule has 0 bridgehead atoms. The number of carboxylic acid groups (broad SMARTS) is 1. The Morgan fingerprint density at radius 1 is 1.04 bits per heavy atom. The molecule has 1 amide bonds. The average Bonchev–Trinajstić information content (AvgIpc) is 2.54. The van der Waals surface area contributed by atoms with E-state index in [0.717, 1.165) is 5.56 Å². The fraction of sp³-hybridized carbons (Fsp3) is 0.222. The molecule has 0 saturated heterocycles. The minimum absolute atomic E-state index is 0.381. The maximum Gasteiger partial charge on any atom is 0.328 e. The predicted octanol–water partition coefficient (Wildman–Crippen LogP) is 2.86. The molecule has 2 rings (SSSR count). The van der Waals surface area contributed by atoms with Gasteiger partial charge in [0.2, 0.25) is 0 Å². The minimum atomic E-state index is -1.32. The first-order valence-electron chi connectivity index (χ1n) is 7.21. The maximum absolute atomic E-state index is 12.0. The zero-order valence-corrected chi connectivity index (χ0v) is 13.1. The molecule has 2 aromatic carbocycles. The number of carbonyl (C=O) groups excluding carboxylic acids is 1. The summed E-state index contributed by atoms with van der Waals surface area (Å²) >= 11 is 0. The molecule has 0 aliphatic rings. The first kappa shape index (κ1) is 16.5. The number of rotatable bonds is 6. The molecule has 0 atom stereocenters. The standard InChI is InChI=1S/C18H19NO4/c1-18(2,17(21)22)19-16(20)14-8-10-15(11-9-14)23-12-13-6-4-3-5-7-13/h3-11H,12H2,1-2H3,(H,19,20)(H,21,22). The number of carboxylic acids is 1. The van der Waals surface area contributed by atoms with Crippen LogP contribution in [0.15, 0.2) is 54.6 Å². The van der Waals surface area contributed by atoms with Crippen LogP contribution in [0.2, 0.25) is 0 Å². The van der Waals surface area contributed by atoms with Gasteiger partial charge in [-0.15, -0.1) is 0 Å². The number of aliphatic carboxylic acids is 1. The molecule has 5 nitrogen and oxygen atoms in total. The van der Waals surface area contributed by atoms with Crippen LogP contribution >= 0.6 is 0 Å². The SMILES string of the molecule is CC(C)(NC(=O)c1ccc(OCc2ccccc2)cc1)C(=O)O. The van der Waals surface area contributed by atoms with Gasteiger partial charge in [0, 0.05) is 5.56 Å². The van der Waals surface area contributed by atoms with Crippen LogP contribution in [-0.4, -0.2) is 22.5 Å². The van der Waals surface area contributed by atoms with Crippen molar-refractivity contribution in [2.45, 2.75) is 26.0 Å². The molecule has 2 N–H and O–H groups in total. The van der Waals surface area contributed by atoms with E-state index in [1.807, 2.05) is 30.3 Å². The summed E-state index contributed by atoms with van der Waals surface area (Å²) in [6, 6.07) is 16.3. The van der Waals surface area contributed by atoms with Crippen molar-refractivity contribution in [3.63, 3.8) is 0 Å². The summed E-state index contributed by atoms with van der Waals surface area (Å²) in [5.41, 5.74) is 0.114. The van der Waals surface area contributed by atoms with Crippen LogP contribution in [0.5, 0.6) is 5.75 Å². The van der Waals surface area contributed by atoms with Crippen LogP contribution in [0, 0.1) is 0 Å². The van der Waals surface area contributed by atoms with Crippen molar-refractivity contribution in [2.75, 3.05) is 0 Å². The Morgan fingerprint density at radius 2 is 1.65 bits per heavy atom. The molecule has 5 heteroatoms. The number of nitrogens with one attached hydrogen (secondary N) is 1. The van der Waals surface area contributed by atoms with Gasteiger partial charge in [-0.2, -0.15) is 0 Å². The van der Waals surface area contributed by atoms with Crippen LogP contribution in [0.25, 0.3) is 0 Å². The predicted molar refractivity (Wildman–Crippen MR) is 86.4 cm³/mol. The van der Waals surface area contributed by atoms with E-state index < -0.39 is 17.4 Å². The van der Waals surface area contributed by atoms with Crippen molar-refractivity contribution in [2.24, 2.45) is 0 Å².